The van der Waals surface area contributed by atoms with E-state index in [2.05, 4.69) is 33.0 Å². The van der Waals surface area contributed by atoms with Crippen LogP contribution in [0.3, 0.4) is 0 Å². The van der Waals surface area contributed by atoms with Gasteiger partial charge in [0.05, 0.1) is 0 Å². The van der Waals surface area contributed by atoms with Crippen molar-refractivity contribution in [2.45, 2.75) is 115 Å². The topological polar surface area (TPSA) is 107 Å². The summed E-state index contributed by atoms with van der Waals surface area (Å²) >= 11 is 0. The molecular formula is C45H58F12N6O6. The molecule has 0 aliphatic carbocycles. The van der Waals surface area contributed by atoms with E-state index < -0.39 is 54.7 Å². The Balaban J connectivity index is 0.000000263. The van der Waals surface area contributed by atoms with Gasteiger partial charge >= 0.3 is 43.0 Å². The molecule has 12 nitrogen and oxygen atoms in total. The van der Waals surface area contributed by atoms with Crippen LogP contribution in [0.15, 0.2) is 36.4 Å². The van der Waals surface area contributed by atoms with Crippen molar-refractivity contribution in [3.63, 3.8) is 0 Å². The number of piperazine rings is 2. The van der Waals surface area contributed by atoms with Crippen LogP contribution in [0.4, 0.5) is 67.1 Å². The van der Waals surface area contributed by atoms with Crippen LogP contribution < -0.4 is 5.32 Å². The number of nitrogens with zero attached hydrogens (tertiary/aromatic N) is 5. The Labute approximate surface area is 392 Å². The van der Waals surface area contributed by atoms with Crippen LogP contribution in [0, 0.1) is 13.8 Å². The molecule has 2 atom stereocenters. The molecule has 4 fully saturated rings. The van der Waals surface area contributed by atoms with Gasteiger partial charge in [-0.25, -0.2) is 14.4 Å². The van der Waals surface area contributed by atoms with Gasteiger partial charge < -0.3 is 34.2 Å². The first kappa shape index (κ1) is 55.2. The van der Waals surface area contributed by atoms with Crippen molar-refractivity contribution in [1.82, 2.24) is 29.8 Å². The number of rotatable bonds is 8. The summed E-state index contributed by atoms with van der Waals surface area (Å²) in [5, 5.41) is 3.34. The lowest BCUT2D eigenvalue weighted by molar-refractivity contribution is -0.309. The highest BCUT2D eigenvalue weighted by atomic mass is 19.4. The number of alkyl halides is 12. The summed E-state index contributed by atoms with van der Waals surface area (Å²) in [6.45, 7) is 14.4. The molecule has 4 aliphatic heterocycles. The van der Waals surface area contributed by atoms with Gasteiger partial charge in [-0.3, -0.25) is 9.80 Å². The minimum Gasteiger partial charge on any atom is -0.444 e. The van der Waals surface area contributed by atoms with Crippen molar-refractivity contribution in [2.24, 2.45) is 0 Å². The first-order valence-electron chi connectivity index (χ1n) is 22.4. The summed E-state index contributed by atoms with van der Waals surface area (Å²) in [6.07, 6.45) is -33.0. The smallest absolute Gasteiger partial charge is 0.434 e. The van der Waals surface area contributed by atoms with E-state index in [-0.39, 0.29) is 51.3 Å². The quantitative estimate of drug-likeness (QED) is 0.205. The SMILES string of the molecule is Cc1ccc(CN2CCN(C(=O)OC(C(F)(F)F)C(F)(F)F)CC2)c(C2CCN(C(=O)OC(C)(C)C)C2)c1.Cc1ccc(CN2CCN(C(=O)OC(C(F)(F)F)C(F)(F)F)CC2)c(C2CCNC2)c1. The minimum absolute atomic E-state index is 0.00650. The molecule has 2 aromatic rings. The number of amides is 3. The summed E-state index contributed by atoms with van der Waals surface area (Å²) in [5.74, 6) is 0.503. The molecule has 3 amide bonds. The van der Waals surface area contributed by atoms with Gasteiger partial charge in [0.1, 0.15) is 5.60 Å². The fourth-order valence-electron chi connectivity index (χ4n) is 8.55. The molecule has 6 rings (SSSR count). The Morgan fingerprint density at radius 2 is 0.971 bits per heavy atom. The van der Waals surface area contributed by atoms with Gasteiger partial charge in [0, 0.05) is 91.0 Å². The standard InChI is InChI=1S/C25H33F6N3O4.C20H25F6N3O2/c1-16-5-6-17(19(13-16)18-7-8-34(15-18)22(36)38-23(2,3)4)14-32-9-11-33(12-10-32)21(35)37-20(24(26,27)28)25(29,30)31;1-13-2-3-15(16(10-13)14-4-5-27-11-14)12-28-6-8-29(9-7-28)18(30)31-17(19(21,22)23)20(24,25)26/h5-6,13,18,20H,7-12,14-15H2,1-4H3;2-3,10,14,17,27H,4-9,11-12H2,1H3. The lowest BCUT2D eigenvalue weighted by Crippen LogP contribution is -2.52. The van der Waals surface area contributed by atoms with Gasteiger partial charge in [-0.2, -0.15) is 52.7 Å². The number of hydrogen-bond donors (Lipinski definition) is 1. The third-order valence-corrected chi connectivity index (χ3v) is 12.1. The Kier molecular flexibility index (Phi) is 17.7. The number of carbonyl (C=O) groups is 3. The van der Waals surface area contributed by atoms with Crippen LogP contribution in [0.1, 0.15) is 78.8 Å². The molecule has 4 aliphatic rings. The molecular weight excluding hydrogens is 949 g/mol. The molecule has 388 valence electrons. The third-order valence-electron chi connectivity index (χ3n) is 12.1. The summed E-state index contributed by atoms with van der Waals surface area (Å²) in [6, 6.07) is 12.2. The number of benzene rings is 2. The Bertz CT molecular complexity index is 2030. The van der Waals surface area contributed by atoms with Crippen molar-refractivity contribution in [2.75, 3.05) is 78.5 Å². The van der Waals surface area contributed by atoms with E-state index in [4.69, 9.17) is 4.74 Å². The van der Waals surface area contributed by atoms with Gasteiger partial charge in [-0.15, -0.1) is 0 Å². The predicted octanol–water partition coefficient (Wildman–Crippen LogP) is 9.29. The molecule has 69 heavy (non-hydrogen) atoms. The van der Waals surface area contributed by atoms with Crippen molar-refractivity contribution < 1.29 is 81.3 Å². The van der Waals surface area contributed by atoms with E-state index >= 15 is 0 Å². The molecule has 0 aromatic heterocycles. The molecule has 0 radical (unpaired) electrons. The van der Waals surface area contributed by atoms with E-state index in [0.29, 0.717) is 45.2 Å². The van der Waals surface area contributed by atoms with E-state index in [9.17, 15) is 67.1 Å². The number of halogens is 12. The number of ether oxygens (including phenoxy) is 3. The number of likely N-dealkylation sites (tertiary alicyclic amines) is 1. The highest BCUT2D eigenvalue weighted by Gasteiger charge is 2.61. The molecule has 4 heterocycles. The van der Waals surface area contributed by atoms with Gasteiger partial charge in [0.2, 0.25) is 0 Å². The molecule has 2 unspecified atom stereocenters. The fourth-order valence-corrected chi connectivity index (χ4v) is 8.55. The molecule has 0 bridgehead atoms. The Hall–Kier alpha value is -4.71. The van der Waals surface area contributed by atoms with Gasteiger partial charge in [0.25, 0.3) is 12.2 Å². The number of nitrogens with one attached hydrogen (secondary N) is 1. The van der Waals surface area contributed by atoms with Crippen LogP contribution in [0.25, 0.3) is 0 Å². The summed E-state index contributed by atoms with van der Waals surface area (Å²) < 4.78 is 165. The molecule has 0 spiro atoms. The highest BCUT2D eigenvalue weighted by Crippen LogP contribution is 2.38. The van der Waals surface area contributed by atoms with Crippen LogP contribution in [0.5, 0.6) is 0 Å². The fraction of sp³-hybridized carbons (Fsp3) is 0.667. The zero-order chi connectivity index (χ0) is 51.3. The molecule has 24 heteroatoms. The summed E-state index contributed by atoms with van der Waals surface area (Å²) in [7, 11) is 0. The van der Waals surface area contributed by atoms with Crippen LogP contribution in [-0.4, -0.2) is 164 Å². The van der Waals surface area contributed by atoms with Gasteiger partial charge in [-0.05, 0) is 82.2 Å². The van der Waals surface area contributed by atoms with Gasteiger partial charge in [-0.1, -0.05) is 47.5 Å². The van der Waals surface area contributed by atoms with Crippen molar-refractivity contribution in [1.29, 1.82) is 0 Å². The average molecular weight is 1010 g/mol. The number of carbonyl (C=O) groups excluding carboxylic acids is 3. The summed E-state index contributed by atoms with van der Waals surface area (Å²) in [5.41, 5.74) is 6.10. The van der Waals surface area contributed by atoms with Gasteiger partial charge in [0.15, 0.2) is 0 Å². The normalized spacial score (nSPS) is 20.3. The van der Waals surface area contributed by atoms with E-state index in [0.717, 1.165) is 63.5 Å². The second-order valence-corrected chi connectivity index (χ2v) is 18.7. The van der Waals surface area contributed by atoms with Crippen LogP contribution in [-0.2, 0) is 27.3 Å². The maximum atomic E-state index is 12.7. The first-order chi connectivity index (χ1) is 31.9. The summed E-state index contributed by atoms with van der Waals surface area (Å²) in [4.78, 5) is 43.9. The molecule has 4 saturated heterocycles. The first-order valence-corrected chi connectivity index (χ1v) is 22.4. The van der Waals surface area contributed by atoms with E-state index in [1.165, 1.54) is 5.56 Å². The maximum Gasteiger partial charge on any atom is 0.434 e. The van der Waals surface area contributed by atoms with Crippen LogP contribution in [0.2, 0.25) is 0 Å². The average Bonchev–Trinajstić information content (AvgIpc) is 3.96. The second-order valence-electron chi connectivity index (χ2n) is 18.7. The second kappa shape index (κ2) is 22.2. The number of hydrogen-bond acceptors (Lipinski definition) is 9. The largest absolute Gasteiger partial charge is 0.444 e. The number of aryl methyl sites for hydroxylation is 2. The predicted molar refractivity (Wildman–Crippen MR) is 226 cm³/mol. The Morgan fingerprint density at radius 1 is 0.565 bits per heavy atom. The molecule has 1 N–H and O–H groups in total. The Morgan fingerprint density at radius 3 is 1.33 bits per heavy atom. The zero-order valence-electron chi connectivity index (χ0n) is 38.8. The minimum atomic E-state index is -5.75. The van der Waals surface area contributed by atoms with Crippen LogP contribution >= 0.6 is 0 Å². The third kappa shape index (κ3) is 15.9. The molecule has 0 saturated carbocycles. The van der Waals surface area contributed by atoms with E-state index in [1.54, 1.807) is 4.90 Å². The van der Waals surface area contributed by atoms with Crippen molar-refractivity contribution in [3.8, 4) is 0 Å². The lowest BCUT2D eigenvalue weighted by atomic mass is 9.91. The molecule has 2 aromatic carbocycles. The van der Waals surface area contributed by atoms with Crippen molar-refractivity contribution in [3.05, 3.63) is 69.8 Å². The van der Waals surface area contributed by atoms with Crippen molar-refractivity contribution >= 4 is 18.3 Å². The maximum absolute atomic E-state index is 12.7. The lowest BCUT2D eigenvalue weighted by Gasteiger charge is -2.35. The monoisotopic (exact) mass is 1010 g/mol. The van der Waals surface area contributed by atoms with E-state index in [1.807, 2.05) is 62.6 Å². The highest BCUT2D eigenvalue weighted by molar-refractivity contribution is 5.69. The zero-order valence-corrected chi connectivity index (χ0v) is 38.8.